The van der Waals surface area contributed by atoms with E-state index in [0.717, 1.165) is 19.3 Å². The minimum atomic E-state index is -0.730. The van der Waals surface area contributed by atoms with E-state index in [4.69, 9.17) is 14.6 Å². The van der Waals surface area contributed by atoms with Crippen LogP contribution in [0.15, 0.2) is 17.1 Å². The first-order valence-electron chi connectivity index (χ1n) is 12.4. The van der Waals surface area contributed by atoms with Gasteiger partial charge in [0.15, 0.2) is 12.5 Å². The number of nitrogens with zero attached hydrogens (tertiary/aromatic N) is 2. The standard InChI is InChI=1S/C24H41N3O5/c1-2-3-4-5-6-7-8-9-10-11-12-13-14-15-21(29)25-20-16-17-27(24(30)26-20)22-19-31-23(18-28)32-22/h16-17,22-23,28H,2-15,18-19H2,1H3,(H,25,26,29,30). The average molecular weight is 452 g/mol. The maximum absolute atomic E-state index is 12.2. The molecule has 0 saturated carbocycles. The molecule has 2 atom stereocenters. The van der Waals surface area contributed by atoms with Crippen LogP contribution in [0.5, 0.6) is 0 Å². The Bertz CT molecular complexity index is 709. The third-order valence-corrected chi connectivity index (χ3v) is 5.80. The molecular weight excluding hydrogens is 410 g/mol. The number of hydrogen-bond donors (Lipinski definition) is 2. The number of amides is 1. The number of ether oxygens (including phenoxy) is 2. The molecule has 8 nitrogen and oxygen atoms in total. The van der Waals surface area contributed by atoms with E-state index < -0.39 is 18.2 Å². The van der Waals surface area contributed by atoms with Crippen molar-refractivity contribution in [1.29, 1.82) is 0 Å². The lowest BCUT2D eigenvalue weighted by atomic mass is 10.0. The summed E-state index contributed by atoms with van der Waals surface area (Å²) in [6, 6.07) is 1.57. The number of unbranched alkanes of at least 4 members (excludes halogenated alkanes) is 12. The van der Waals surface area contributed by atoms with Crippen molar-refractivity contribution in [2.75, 3.05) is 18.5 Å². The zero-order valence-corrected chi connectivity index (χ0v) is 19.6. The van der Waals surface area contributed by atoms with Gasteiger partial charge in [-0.1, -0.05) is 84.0 Å². The van der Waals surface area contributed by atoms with Crippen molar-refractivity contribution in [1.82, 2.24) is 9.55 Å². The molecule has 0 aromatic carbocycles. The van der Waals surface area contributed by atoms with Gasteiger partial charge in [0.2, 0.25) is 5.91 Å². The Morgan fingerprint density at radius 1 is 1.06 bits per heavy atom. The van der Waals surface area contributed by atoms with Gasteiger partial charge in [-0.3, -0.25) is 9.36 Å². The third-order valence-electron chi connectivity index (χ3n) is 5.80. The maximum Gasteiger partial charge on any atom is 0.351 e. The molecule has 1 aliphatic rings. The Morgan fingerprint density at radius 2 is 1.66 bits per heavy atom. The molecule has 0 aliphatic carbocycles. The van der Waals surface area contributed by atoms with Crippen LogP contribution in [0, 0.1) is 0 Å². The Labute approximate surface area is 191 Å². The van der Waals surface area contributed by atoms with E-state index >= 15 is 0 Å². The number of nitrogens with one attached hydrogen (secondary N) is 1. The molecule has 1 amide bonds. The van der Waals surface area contributed by atoms with Crippen LogP contribution in [0.25, 0.3) is 0 Å². The number of hydrogen-bond acceptors (Lipinski definition) is 6. The SMILES string of the molecule is CCCCCCCCCCCCCCCC(=O)Nc1ccn(C2COC(CO)O2)c(=O)n1. The second-order valence-electron chi connectivity index (χ2n) is 8.58. The summed E-state index contributed by atoms with van der Waals surface area (Å²) in [6.07, 6.45) is 17.1. The lowest BCUT2D eigenvalue weighted by molar-refractivity contribution is -0.116. The van der Waals surface area contributed by atoms with Crippen molar-refractivity contribution >= 4 is 11.7 Å². The van der Waals surface area contributed by atoms with Crippen LogP contribution in [0.3, 0.4) is 0 Å². The molecular formula is C24H41N3O5. The smallest absolute Gasteiger partial charge is 0.351 e. The molecule has 2 unspecified atom stereocenters. The summed E-state index contributed by atoms with van der Waals surface area (Å²) in [7, 11) is 0. The van der Waals surface area contributed by atoms with Crippen molar-refractivity contribution in [3.8, 4) is 0 Å². The van der Waals surface area contributed by atoms with E-state index in [2.05, 4.69) is 17.2 Å². The van der Waals surface area contributed by atoms with Crippen LogP contribution in [0.4, 0.5) is 5.82 Å². The first-order chi connectivity index (χ1) is 15.6. The van der Waals surface area contributed by atoms with Crippen molar-refractivity contribution in [2.24, 2.45) is 0 Å². The van der Waals surface area contributed by atoms with Crippen LogP contribution in [0.1, 0.15) is 103 Å². The largest absolute Gasteiger partial charge is 0.391 e. The molecule has 1 aromatic heterocycles. The summed E-state index contributed by atoms with van der Waals surface area (Å²) in [4.78, 5) is 28.2. The van der Waals surface area contributed by atoms with Gasteiger partial charge in [0, 0.05) is 12.6 Å². The van der Waals surface area contributed by atoms with Crippen molar-refractivity contribution in [3.05, 3.63) is 22.7 Å². The maximum atomic E-state index is 12.2. The molecule has 8 heteroatoms. The van der Waals surface area contributed by atoms with Gasteiger partial charge in [0.25, 0.3) is 0 Å². The summed E-state index contributed by atoms with van der Waals surface area (Å²) < 4.78 is 11.9. The first-order valence-corrected chi connectivity index (χ1v) is 12.4. The van der Waals surface area contributed by atoms with Gasteiger partial charge in [0.05, 0.1) is 13.2 Å². The summed E-state index contributed by atoms with van der Waals surface area (Å²) in [5, 5.41) is 11.7. The highest BCUT2D eigenvalue weighted by molar-refractivity contribution is 5.89. The van der Waals surface area contributed by atoms with Crippen LogP contribution < -0.4 is 11.0 Å². The quantitative estimate of drug-likeness (QED) is 0.337. The number of aromatic nitrogens is 2. The highest BCUT2D eigenvalue weighted by atomic mass is 16.7. The summed E-state index contributed by atoms with van der Waals surface area (Å²) in [6.45, 7) is 2.15. The Hall–Kier alpha value is -1.77. The van der Waals surface area contributed by atoms with Gasteiger partial charge < -0.3 is 19.9 Å². The highest BCUT2D eigenvalue weighted by Crippen LogP contribution is 2.19. The third kappa shape index (κ3) is 10.2. The molecule has 0 spiro atoms. The zero-order valence-electron chi connectivity index (χ0n) is 19.6. The lowest BCUT2D eigenvalue weighted by Gasteiger charge is -2.12. The van der Waals surface area contributed by atoms with E-state index in [1.54, 1.807) is 6.07 Å². The molecule has 2 rings (SSSR count). The molecule has 1 aromatic rings. The van der Waals surface area contributed by atoms with Gasteiger partial charge in [-0.2, -0.15) is 4.98 Å². The summed E-state index contributed by atoms with van der Waals surface area (Å²) >= 11 is 0. The van der Waals surface area contributed by atoms with Crippen LogP contribution >= 0.6 is 0 Å². The molecule has 2 heterocycles. The van der Waals surface area contributed by atoms with Crippen molar-refractivity contribution in [3.63, 3.8) is 0 Å². The summed E-state index contributed by atoms with van der Waals surface area (Å²) in [5.74, 6) is 0.113. The predicted molar refractivity (Wildman–Crippen MR) is 124 cm³/mol. The molecule has 0 radical (unpaired) electrons. The van der Waals surface area contributed by atoms with E-state index in [0.29, 0.717) is 6.42 Å². The zero-order chi connectivity index (χ0) is 23.0. The second-order valence-corrected chi connectivity index (χ2v) is 8.58. The van der Waals surface area contributed by atoms with Crippen molar-refractivity contribution in [2.45, 2.75) is 109 Å². The minimum absolute atomic E-state index is 0.126. The molecule has 2 N–H and O–H groups in total. The van der Waals surface area contributed by atoms with Crippen LogP contribution in [-0.4, -0.2) is 40.1 Å². The van der Waals surface area contributed by atoms with Gasteiger partial charge in [-0.05, 0) is 12.5 Å². The molecule has 1 saturated heterocycles. The fourth-order valence-corrected chi connectivity index (χ4v) is 3.90. The molecule has 32 heavy (non-hydrogen) atoms. The van der Waals surface area contributed by atoms with Crippen LogP contribution in [0.2, 0.25) is 0 Å². The Kier molecular flexibility index (Phi) is 13.2. The minimum Gasteiger partial charge on any atom is -0.391 e. The fourth-order valence-electron chi connectivity index (χ4n) is 3.90. The molecule has 1 fully saturated rings. The number of rotatable bonds is 17. The van der Waals surface area contributed by atoms with E-state index in [1.807, 2.05) is 0 Å². The predicted octanol–water partition coefficient (Wildman–Crippen LogP) is 4.53. The average Bonchev–Trinajstić information content (AvgIpc) is 3.26. The van der Waals surface area contributed by atoms with Crippen LogP contribution in [-0.2, 0) is 14.3 Å². The van der Waals surface area contributed by atoms with Gasteiger partial charge in [0.1, 0.15) is 5.82 Å². The van der Waals surface area contributed by atoms with Gasteiger partial charge in [-0.15, -0.1) is 0 Å². The monoisotopic (exact) mass is 451 g/mol. The Balaban J connectivity index is 1.51. The molecule has 0 bridgehead atoms. The number of aliphatic hydroxyl groups is 1. The number of carbonyl (C=O) groups excluding carboxylic acids is 1. The fraction of sp³-hybridized carbons (Fsp3) is 0.792. The molecule has 182 valence electrons. The number of anilines is 1. The van der Waals surface area contributed by atoms with E-state index in [-0.39, 0.29) is 24.9 Å². The first kappa shape index (κ1) is 26.5. The number of carbonyl (C=O) groups is 1. The number of aliphatic hydroxyl groups excluding tert-OH is 1. The van der Waals surface area contributed by atoms with E-state index in [1.165, 1.54) is 75.0 Å². The second kappa shape index (κ2) is 15.9. The highest BCUT2D eigenvalue weighted by Gasteiger charge is 2.27. The van der Waals surface area contributed by atoms with Gasteiger partial charge in [-0.25, -0.2) is 4.79 Å². The normalized spacial score (nSPS) is 18.2. The van der Waals surface area contributed by atoms with Gasteiger partial charge >= 0.3 is 5.69 Å². The summed E-state index contributed by atoms with van der Waals surface area (Å²) in [5.41, 5.74) is -0.532. The Morgan fingerprint density at radius 3 is 2.19 bits per heavy atom. The van der Waals surface area contributed by atoms with Crippen molar-refractivity contribution < 1.29 is 19.4 Å². The van der Waals surface area contributed by atoms with E-state index in [9.17, 15) is 9.59 Å². The molecule has 1 aliphatic heterocycles. The topological polar surface area (TPSA) is 103 Å². The lowest BCUT2D eigenvalue weighted by Crippen LogP contribution is -2.29.